The summed E-state index contributed by atoms with van der Waals surface area (Å²) in [5.41, 5.74) is -0.723. The topological polar surface area (TPSA) is 38.8 Å². The van der Waals surface area contributed by atoms with E-state index >= 15 is 0 Å². The van der Waals surface area contributed by atoms with Gasteiger partial charge in [0, 0.05) is 7.11 Å². The number of carbonyl (C=O) groups is 1. The fourth-order valence-corrected chi connectivity index (χ4v) is 1.37. The van der Waals surface area contributed by atoms with Crippen LogP contribution in [0.4, 0.5) is 23.7 Å². The monoisotopic (exact) mass is 297 g/mol. The highest BCUT2D eigenvalue weighted by Gasteiger charge is 2.30. The molecule has 0 aliphatic rings. The minimum atomic E-state index is -4.44. The van der Waals surface area contributed by atoms with Crippen molar-refractivity contribution < 1.29 is 27.5 Å². The number of hydrogen-bond donors (Lipinski definition) is 0. The van der Waals surface area contributed by atoms with Gasteiger partial charge in [0.15, 0.2) is 0 Å². The number of halogens is 4. The SMILES string of the molecule is COCCON(C(=O)Cl)c1ccc(C(F)(F)F)cc1. The van der Waals surface area contributed by atoms with E-state index in [0.29, 0.717) is 5.06 Å². The lowest BCUT2D eigenvalue weighted by Gasteiger charge is -2.19. The van der Waals surface area contributed by atoms with Crippen molar-refractivity contribution in [3.63, 3.8) is 0 Å². The molecule has 0 unspecified atom stereocenters. The molecule has 0 aromatic heterocycles. The summed E-state index contributed by atoms with van der Waals surface area (Å²) in [6.07, 6.45) is -4.44. The smallest absolute Gasteiger partial charge is 0.382 e. The van der Waals surface area contributed by atoms with Gasteiger partial charge in [-0.05, 0) is 35.9 Å². The molecule has 0 bridgehead atoms. The molecule has 1 amide bonds. The maximum atomic E-state index is 12.4. The van der Waals surface area contributed by atoms with E-state index in [4.69, 9.17) is 21.2 Å². The van der Waals surface area contributed by atoms with E-state index in [0.717, 1.165) is 24.3 Å². The van der Waals surface area contributed by atoms with Gasteiger partial charge in [-0.1, -0.05) is 0 Å². The van der Waals surface area contributed by atoms with Gasteiger partial charge in [0.25, 0.3) is 0 Å². The molecule has 4 nitrogen and oxygen atoms in total. The van der Waals surface area contributed by atoms with E-state index in [1.54, 1.807) is 0 Å². The Kier molecular flexibility index (Phi) is 5.59. The molecule has 0 aliphatic carbocycles. The van der Waals surface area contributed by atoms with Gasteiger partial charge in [-0.3, -0.25) is 9.63 Å². The molecule has 0 N–H and O–H groups in total. The van der Waals surface area contributed by atoms with Gasteiger partial charge in [-0.25, -0.2) is 0 Å². The second-order valence-electron chi connectivity index (χ2n) is 3.42. The fourth-order valence-electron chi connectivity index (χ4n) is 1.22. The van der Waals surface area contributed by atoms with Crippen LogP contribution in [0.25, 0.3) is 0 Å². The predicted octanol–water partition coefficient (Wildman–Crippen LogP) is 3.45. The Hall–Kier alpha value is -1.31. The number of nitrogens with zero attached hydrogens (tertiary/aromatic N) is 1. The Morgan fingerprint density at radius 1 is 1.26 bits per heavy atom. The molecule has 0 heterocycles. The first-order valence-electron chi connectivity index (χ1n) is 5.15. The summed E-state index contributed by atoms with van der Waals surface area (Å²) in [6, 6.07) is 3.86. The Bertz CT molecular complexity index is 422. The second-order valence-corrected chi connectivity index (χ2v) is 3.74. The summed E-state index contributed by atoms with van der Waals surface area (Å²) in [5.74, 6) is 0. The average molecular weight is 298 g/mol. The number of anilines is 1. The van der Waals surface area contributed by atoms with E-state index < -0.39 is 17.1 Å². The Balaban J connectivity index is 2.83. The molecular weight excluding hydrogens is 287 g/mol. The number of alkyl halides is 3. The number of ether oxygens (including phenoxy) is 1. The van der Waals surface area contributed by atoms with Crippen molar-refractivity contribution in [3.8, 4) is 0 Å². The van der Waals surface area contributed by atoms with Crippen LogP contribution in [-0.4, -0.2) is 25.7 Å². The molecule has 106 valence electrons. The molecule has 0 spiro atoms. The third kappa shape index (κ3) is 4.70. The Labute approximate surface area is 112 Å². The summed E-state index contributed by atoms with van der Waals surface area (Å²) in [6.45, 7) is 0.247. The van der Waals surface area contributed by atoms with Crippen molar-refractivity contribution in [2.24, 2.45) is 0 Å². The predicted molar refractivity (Wildman–Crippen MR) is 63.0 cm³/mol. The highest BCUT2D eigenvalue weighted by molar-refractivity contribution is 6.65. The van der Waals surface area contributed by atoms with Crippen molar-refractivity contribution >= 4 is 22.7 Å². The van der Waals surface area contributed by atoms with Gasteiger partial charge in [-0.15, -0.1) is 0 Å². The molecule has 1 aromatic rings. The molecule has 0 fully saturated rings. The largest absolute Gasteiger partial charge is 0.416 e. The molecule has 0 atom stereocenters. The third-order valence-corrected chi connectivity index (χ3v) is 2.25. The summed E-state index contributed by atoms with van der Waals surface area (Å²) in [7, 11) is 1.44. The van der Waals surface area contributed by atoms with Gasteiger partial charge >= 0.3 is 11.5 Å². The molecule has 0 radical (unpaired) electrons. The zero-order valence-electron chi connectivity index (χ0n) is 9.91. The van der Waals surface area contributed by atoms with Gasteiger partial charge in [0.1, 0.15) is 0 Å². The zero-order chi connectivity index (χ0) is 14.5. The van der Waals surface area contributed by atoms with E-state index in [2.05, 4.69) is 0 Å². The number of methoxy groups -OCH3 is 1. The number of benzene rings is 1. The minimum Gasteiger partial charge on any atom is -0.382 e. The van der Waals surface area contributed by atoms with Crippen LogP contribution in [0.5, 0.6) is 0 Å². The van der Waals surface area contributed by atoms with Crippen molar-refractivity contribution in [1.82, 2.24) is 0 Å². The summed E-state index contributed by atoms with van der Waals surface area (Å²) < 4.78 is 41.8. The lowest BCUT2D eigenvalue weighted by molar-refractivity contribution is -0.137. The molecule has 1 aromatic carbocycles. The van der Waals surface area contributed by atoms with Crippen LogP contribution in [0.2, 0.25) is 0 Å². The lowest BCUT2D eigenvalue weighted by atomic mass is 10.2. The van der Waals surface area contributed by atoms with Gasteiger partial charge in [0.05, 0.1) is 24.5 Å². The highest BCUT2D eigenvalue weighted by atomic mass is 35.5. The normalized spacial score (nSPS) is 11.4. The first-order valence-corrected chi connectivity index (χ1v) is 5.52. The number of hydroxylamine groups is 1. The first-order chi connectivity index (χ1) is 8.86. The van der Waals surface area contributed by atoms with Crippen molar-refractivity contribution in [2.75, 3.05) is 25.4 Å². The first kappa shape index (κ1) is 15.7. The van der Waals surface area contributed by atoms with Crippen LogP contribution in [0.15, 0.2) is 24.3 Å². The fraction of sp³-hybridized carbons (Fsp3) is 0.364. The molecule has 8 heteroatoms. The van der Waals surface area contributed by atoms with Crippen LogP contribution in [0.3, 0.4) is 0 Å². The van der Waals surface area contributed by atoms with E-state index in [1.165, 1.54) is 7.11 Å². The summed E-state index contributed by atoms with van der Waals surface area (Å²) in [4.78, 5) is 16.1. The maximum Gasteiger partial charge on any atom is 0.416 e. The van der Waals surface area contributed by atoms with Crippen LogP contribution in [0.1, 0.15) is 5.56 Å². The number of rotatable bonds is 5. The van der Waals surface area contributed by atoms with Crippen LogP contribution in [0, 0.1) is 0 Å². The van der Waals surface area contributed by atoms with Crippen molar-refractivity contribution in [3.05, 3.63) is 29.8 Å². The van der Waals surface area contributed by atoms with E-state index in [9.17, 15) is 18.0 Å². The maximum absolute atomic E-state index is 12.4. The lowest BCUT2D eigenvalue weighted by Crippen LogP contribution is -2.27. The van der Waals surface area contributed by atoms with E-state index in [1.807, 2.05) is 0 Å². The molecule has 0 saturated carbocycles. The van der Waals surface area contributed by atoms with Crippen LogP contribution in [-0.2, 0) is 15.8 Å². The van der Waals surface area contributed by atoms with Gasteiger partial charge in [-0.2, -0.15) is 18.2 Å². The van der Waals surface area contributed by atoms with Crippen LogP contribution >= 0.6 is 11.6 Å². The molecule has 0 saturated heterocycles. The number of carbonyl (C=O) groups excluding carboxylic acids is 1. The molecule has 1 rings (SSSR count). The van der Waals surface area contributed by atoms with Gasteiger partial charge < -0.3 is 4.74 Å². The average Bonchev–Trinajstić information content (AvgIpc) is 2.33. The quantitative estimate of drug-likeness (QED) is 0.362. The van der Waals surface area contributed by atoms with E-state index in [-0.39, 0.29) is 18.9 Å². The second kappa shape index (κ2) is 6.74. The van der Waals surface area contributed by atoms with Crippen LogP contribution < -0.4 is 5.06 Å². The highest BCUT2D eigenvalue weighted by Crippen LogP contribution is 2.30. The third-order valence-electron chi connectivity index (χ3n) is 2.10. The summed E-state index contributed by atoms with van der Waals surface area (Å²) in [5, 5.41) is -0.267. The Morgan fingerprint density at radius 3 is 2.26 bits per heavy atom. The Morgan fingerprint density at radius 2 is 1.84 bits per heavy atom. The molecule has 0 aliphatic heterocycles. The zero-order valence-corrected chi connectivity index (χ0v) is 10.7. The van der Waals surface area contributed by atoms with Crippen molar-refractivity contribution in [2.45, 2.75) is 6.18 Å². The molecule has 19 heavy (non-hydrogen) atoms. The molecular formula is C11H11ClF3NO3. The summed E-state index contributed by atoms with van der Waals surface area (Å²) >= 11 is 5.29. The standard InChI is InChI=1S/C11H11ClF3NO3/c1-18-6-7-19-16(10(12)17)9-4-2-8(3-5-9)11(13,14)15/h2-5H,6-7H2,1H3. The number of amides is 1. The number of hydrogen-bond acceptors (Lipinski definition) is 3. The van der Waals surface area contributed by atoms with Gasteiger partial charge in [0.2, 0.25) is 0 Å². The van der Waals surface area contributed by atoms with Crippen molar-refractivity contribution in [1.29, 1.82) is 0 Å². The minimum absolute atomic E-state index is 0.0377.